The highest BCUT2D eigenvalue weighted by atomic mass is 16.7. The molecule has 2 rings (SSSR count). The number of ether oxygens (including phenoxy) is 4. The van der Waals surface area contributed by atoms with Gasteiger partial charge in [-0.3, -0.25) is 0 Å². The maximum absolute atomic E-state index is 5.82. The quantitative estimate of drug-likeness (QED) is 0.0974. The van der Waals surface area contributed by atoms with Crippen LogP contribution in [0.5, 0.6) is 0 Å². The summed E-state index contributed by atoms with van der Waals surface area (Å²) in [6.07, 6.45) is 38.2. The van der Waals surface area contributed by atoms with Crippen LogP contribution in [0.2, 0.25) is 0 Å². The minimum Gasteiger partial charge on any atom is -0.353 e. The molecule has 0 saturated carbocycles. The van der Waals surface area contributed by atoms with E-state index in [0.29, 0.717) is 0 Å². The molecule has 0 aliphatic carbocycles. The zero-order chi connectivity index (χ0) is 26.6. The zero-order valence-electron chi connectivity index (χ0n) is 25.4. The summed E-state index contributed by atoms with van der Waals surface area (Å²) in [5.41, 5.74) is 0. The van der Waals surface area contributed by atoms with Crippen LogP contribution in [0.25, 0.3) is 0 Å². The van der Waals surface area contributed by atoms with E-state index in [1.54, 1.807) is 0 Å². The average Bonchev–Trinajstić information content (AvgIpc) is 2.96. The molecule has 0 aromatic heterocycles. The van der Waals surface area contributed by atoms with Gasteiger partial charge >= 0.3 is 0 Å². The minimum atomic E-state index is 0.0951. The van der Waals surface area contributed by atoms with Gasteiger partial charge in [-0.1, -0.05) is 128 Å². The summed E-state index contributed by atoms with van der Waals surface area (Å²) in [6, 6.07) is 0. The van der Waals surface area contributed by atoms with Crippen LogP contribution in [0, 0.1) is 0 Å². The molecule has 0 aromatic rings. The molecule has 2 aliphatic rings. The third-order valence-corrected chi connectivity index (χ3v) is 8.42. The lowest BCUT2D eigenvalue weighted by Gasteiger charge is -2.22. The fourth-order valence-electron chi connectivity index (χ4n) is 5.85. The van der Waals surface area contributed by atoms with Gasteiger partial charge in [-0.15, -0.1) is 0 Å². The van der Waals surface area contributed by atoms with Crippen molar-refractivity contribution in [2.75, 3.05) is 26.4 Å². The van der Waals surface area contributed by atoms with Gasteiger partial charge in [-0.25, -0.2) is 0 Å². The van der Waals surface area contributed by atoms with Crippen LogP contribution >= 0.6 is 0 Å². The summed E-state index contributed by atoms with van der Waals surface area (Å²) in [5, 5.41) is 0. The molecule has 2 unspecified atom stereocenters. The van der Waals surface area contributed by atoms with Crippen molar-refractivity contribution in [3.05, 3.63) is 0 Å². The number of hydrogen-bond donors (Lipinski definition) is 0. The number of rotatable bonds is 27. The highest BCUT2D eigenvalue weighted by molar-refractivity contribution is 4.56. The molecule has 4 nitrogen and oxygen atoms in total. The summed E-state index contributed by atoms with van der Waals surface area (Å²) < 4.78 is 22.9. The highest BCUT2D eigenvalue weighted by Crippen LogP contribution is 2.17. The van der Waals surface area contributed by atoms with Gasteiger partial charge in [0.05, 0.1) is 0 Å². The Hall–Kier alpha value is -0.160. The molecule has 0 amide bonds. The first-order chi connectivity index (χ1) is 18.9. The Morgan fingerprint density at radius 1 is 0.342 bits per heavy atom. The second-order valence-electron chi connectivity index (χ2n) is 12.1. The second kappa shape index (κ2) is 27.0. The van der Waals surface area contributed by atoms with E-state index >= 15 is 0 Å². The molecular formula is C34H66O4. The average molecular weight is 539 g/mol. The van der Waals surface area contributed by atoms with Gasteiger partial charge in [0, 0.05) is 26.4 Å². The molecule has 0 N–H and O–H groups in total. The fraction of sp³-hybridized carbons (Fsp3) is 1.00. The van der Waals surface area contributed by atoms with E-state index in [1.165, 1.54) is 167 Å². The van der Waals surface area contributed by atoms with Crippen molar-refractivity contribution < 1.29 is 18.9 Å². The van der Waals surface area contributed by atoms with Gasteiger partial charge < -0.3 is 18.9 Å². The zero-order valence-corrected chi connectivity index (χ0v) is 25.4. The molecule has 2 atom stereocenters. The smallest absolute Gasteiger partial charge is 0.157 e. The lowest BCUT2D eigenvalue weighted by atomic mass is 10.0. The monoisotopic (exact) mass is 538 g/mol. The molecule has 2 saturated heterocycles. The van der Waals surface area contributed by atoms with Crippen LogP contribution in [0.3, 0.4) is 0 Å². The Labute approximate surface area is 237 Å². The predicted octanol–water partition coefficient (Wildman–Crippen LogP) is 10.7. The maximum Gasteiger partial charge on any atom is 0.157 e. The SMILES string of the molecule is C(CCCCCCCCCCCCOC1CCCCO1)CCCCCCCCCCCOC1CCCCO1. The Balaban J connectivity index is 1.14. The van der Waals surface area contributed by atoms with E-state index in [-0.39, 0.29) is 12.6 Å². The number of unbranched alkanes of at least 4 members (excludes halogenated alkanes) is 21. The van der Waals surface area contributed by atoms with Crippen LogP contribution in [0.1, 0.15) is 180 Å². The molecule has 0 bridgehead atoms. The lowest BCUT2D eigenvalue weighted by Crippen LogP contribution is -2.22. The van der Waals surface area contributed by atoms with E-state index in [9.17, 15) is 0 Å². The normalized spacial score (nSPS) is 20.2. The first kappa shape index (κ1) is 34.0. The molecule has 2 aliphatic heterocycles. The minimum absolute atomic E-state index is 0.0951. The molecule has 0 aromatic carbocycles. The molecule has 2 fully saturated rings. The molecule has 226 valence electrons. The van der Waals surface area contributed by atoms with Crippen LogP contribution in [0.15, 0.2) is 0 Å². The van der Waals surface area contributed by atoms with Gasteiger partial charge in [0.25, 0.3) is 0 Å². The standard InChI is InChI=1S/C34H66O4/c1(3-5-7-9-11-13-15-17-19-23-29-35-33-27-21-25-31-37-33)2-4-6-8-10-12-14-16-18-20-24-30-36-34-28-22-26-32-38-34/h33-34H,1-32H2. The van der Waals surface area contributed by atoms with Gasteiger partial charge in [-0.05, 0) is 51.4 Å². The van der Waals surface area contributed by atoms with Crippen LogP contribution in [0.4, 0.5) is 0 Å². The molecule has 0 spiro atoms. The Bertz CT molecular complexity index is 417. The van der Waals surface area contributed by atoms with Gasteiger partial charge in [-0.2, -0.15) is 0 Å². The van der Waals surface area contributed by atoms with E-state index in [2.05, 4.69) is 0 Å². The predicted molar refractivity (Wildman–Crippen MR) is 161 cm³/mol. The highest BCUT2D eigenvalue weighted by Gasteiger charge is 2.14. The summed E-state index contributed by atoms with van der Waals surface area (Å²) in [7, 11) is 0. The van der Waals surface area contributed by atoms with Crippen molar-refractivity contribution in [1.82, 2.24) is 0 Å². The molecule has 2 heterocycles. The van der Waals surface area contributed by atoms with E-state index in [4.69, 9.17) is 18.9 Å². The molecule has 4 heteroatoms. The first-order valence-corrected chi connectivity index (χ1v) is 17.4. The van der Waals surface area contributed by atoms with Crippen molar-refractivity contribution in [2.45, 2.75) is 192 Å². The van der Waals surface area contributed by atoms with Crippen LogP contribution < -0.4 is 0 Å². The van der Waals surface area contributed by atoms with Gasteiger partial charge in [0.15, 0.2) is 12.6 Å². The summed E-state index contributed by atoms with van der Waals surface area (Å²) in [4.78, 5) is 0. The molecule has 0 radical (unpaired) electrons. The Morgan fingerprint density at radius 2 is 0.605 bits per heavy atom. The fourth-order valence-corrected chi connectivity index (χ4v) is 5.85. The van der Waals surface area contributed by atoms with E-state index < -0.39 is 0 Å². The van der Waals surface area contributed by atoms with Crippen LogP contribution in [-0.4, -0.2) is 39.0 Å². The van der Waals surface area contributed by atoms with Crippen molar-refractivity contribution in [3.8, 4) is 0 Å². The third kappa shape index (κ3) is 21.6. The summed E-state index contributed by atoms with van der Waals surface area (Å²) >= 11 is 0. The summed E-state index contributed by atoms with van der Waals surface area (Å²) in [6.45, 7) is 3.55. The molecule has 38 heavy (non-hydrogen) atoms. The van der Waals surface area contributed by atoms with Crippen molar-refractivity contribution in [2.24, 2.45) is 0 Å². The van der Waals surface area contributed by atoms with Gasteiger partial charge in [0.2, 0.25) is 0 Å². The van der Waals surface area contributed by atoms with E-state index in [0.717, 1.165) is 39.3 Å². The van der Waals surface area contributed by atoms with Crippen molar-refractivity contribution >= 4 is 0 Å². The lowest BCUT2D eigenvalue weighted by molar-refractivity contribution is -0.163. The third-order valence-electron chi connectivity index (χ3n) is 8.42. The Morgan fingerprint density at radius 3 is 0.842 bits per heavy atom. The number of hydrogen-bond acceptors (Lipinski definition) is 4. The largest absolute Gasteiger partial charge is 0.353 e. The second-order valence-corrected chi connectivity index (χ2v) is 12.1. The van der Waals surface area contributed by atoms with Crippen molar-refractivity contribution in [3.63, 3.8) is 0 Å². The topological polar surface area (TPSA) is 36.9 Å². The van der Waals surface area contributed by atoms with Crippen LogP contribution in [-0.2, 0) is 18.9 Å². The maximum atomic E-state index is 5.82. The van der Waals surface area contributed by atoms with E-state index in [1.807, 2.05) is 0 Å². The molecular weight excluding hydrogens is 472 g/mol. The summed E-state index contributed by atoms with van der Waals surface area (Å²) in [5.74, 6) is 0. The van der Waals surface area contributed by atoms with Crippen molar-refractivity contribution in [1.29, 1.82) is 0 Å². The first-order valence-electron chi connectivity index (χ1n) is 17.4. The van der Waals surface area contributed by atoms with Gasteiger partial charge in [0.1, 0.15) is 0 Å². The Kier molecular flexibility index (Phi) is 24.2.